The Balaban J connectivity index is 2.55. The molecule has 1 aliphatic rings. The lowest BCUT2D eigenvalue weighted by atomic mass is 9.89. The van der Waals surface area contributed by atoms with Crippen LogP contribution in [0.1, 0.15) is 17.5 Å². The van der Waals surface area contributed by atoms with E-state index in [-0.39, 0.29) is 10.9 Å². The van der Waals surface area contributed by atoms with Gasteiger partial charge < -0.3 is 0 Å². The molecule has 0 saturated heterocycles. The van der Waals surface area contributed by atoms with Crippen LogP contribution < -0.4 is 0 Å². The standard InChI is InChI=1S/C16H11Br2F7OS/c1-9-4-2-3-5-12(9)13(18)7-10(17)6-11(8-13)27(26)16(24,25)14(19,20)15(21,22)23/h2-6,8H,7H2,1H3. The van der Waals surface area contributed by atoms with Crippen molar-refractivity contribution >= 4 is 42.7 Å². The summed E-state index contributed by atoms with van der Waals surface area (Å²) >= 11 is 6.38. The fraction of sp³-hybridized carbons (Fsp3) is 0.375. The fourth-order valence-corrected chi connectivity index (χ4v) is 6.08. The summed E-state index contributed by atoms with van der Waals surface area (Å²) < 4.78 is 102. The summed E-state index contributed by atoms with van der Waals surface area (Å²) in [5, 5.41) is -5.85. The first kappa shape index (κ1) is 22.6. The van der Waals surface area contributed by atoms with Crippen molar-refractivity contribution in [1.29, 1.82) is 0 Å². The summed E-state index contributed by atoms with van der Waals surface area (Å²) in [6, 6.07) is 6.70. The van der Waals surface area contributed by atoms with Crippen molar-refractivity contribution in [2.45, 2.75) is 35.0 Å². The molecule has 0 spiro atoms. The van der Waals surface area contributed by atoms with E-state index < -0.39 is 37.4 Å². The third-order valence-electron chi connectivity index (χ3n) is 3.86. The molecule has 2 unspecified atom stereocenters. The van der Waals surface area contributed by atoms with E-state index in [0.717, 1.165) is 12.2 Å². The van der Waals surface area contributed by atoms with Crippen LogP contribution in [0.25, 0.3) is 0 Å². The van der Waals surface area contributed by atoms with Crippen molar-refractivity contribution < 1.29 is 34.9 Å². The van der Waals surface area contributed by atoms with Crippen LogP contribution >= 0.6 is 31.9 Å². The Labute approximate surface area is 169 Å². The minimum Gasteiger partial charge on any atom is -0.248 e. The largest absolute Gasteiger partial charge is 0.461 e. The van der Waals surface area contributed by atoms with Gasteiger partial charge in [-0.1, -0.05) is 56.1 Å². The van der Waals surface area contributed by atoms with Gasteiger partial charge in [-0.3, -0.25) is 0 Å². The Morgan fingerprint density at radius 3 is 2.15 bits per heavy atom. The van der Waals surface area contributed by atoms with Crippen LogP contribution in [-0.4, -0.2) is 21.6 Å². The number of allylic oxidation sites excluding steroid dienone is 3. The summed E-state index contributed by atoms with van der Waals surface area (Å²) in [7, 11) is -3.96. The first-order valence-electron chi connectivity index (χ1n) is 7.21. The highest BCUT2D eigenvalue weighted by atomic mass is 79.9. The molecule has 0 saturated carbocycles. The number of hydrogen-bond acceptors (Lipinski definition) is 1. The zero-order valence-corrected chi connectivity index (χ0v) is 17.4. The number of benzene rings is 1. The Morgan fingerprint density at radius 2 is 1.63 bits per heavy atom. The SMILES string of the molecule is Cc1ccccc1C1(Br)C=C(S(=O)C(F)(F)C(F)(F)C(F)(F)F)C=C(Br)C1. The smallest absolute Gasteiger partial charge is 0.248 e. The van der Waals surface area contributed by atoms with Crippen molar-refractivity contribution in [3.8, 4) is 0 Å². The average molecular weight is 544 g/mol. The molecule has 0 radical (unpaired) electrons. The van der Waals surface area contributed by atoms with Gasteiger partial charge in [0.05, 0.1) is 4.32 Å². The van der Waals surface area contributed by atoms with Gasteiger partial charge in [0.1, 0.15) is 10.8 Å². The molecule has 0 heterocycles. The second kappa shape index (κ2) is 7.29. The number of halogens is 9. The summed E-state index contributed by atoms with van der Waals surface area (Å²) in [5.41, 5.74) is 1.28. The topological polar surface area (TPSA) is 17.1 Å². The van der Waals surface area contributed by atoms with Crippen molar-refractivity contribution in [1.82, 2.24) is 0 Å². The molecule has 1 aromatic carbocycles. The lowest BCUT2D eigenvalue weighted by molar-refractivity contribution is -0.331. The van der Waals surface area contributed by atoms with Gasteiger partial charge in [-0.2, -0.15) is 30.7 Å². The number of hydrogen-bond donors (Lipinski definition) is 0. The molecule has 0 aliphatic heterocycles. The molecule has 1 aromatic rings. The van der Waals surface area contributed by atoms with Crippen LogP contribution in [0.15, 0.2) is 45.8 Å². The number of rotatable bonds is 4. The normalized spacial score (nSPS) is 22.9. The van der Waals surface area contributed by atoms with E-state index in [2.05, 4.69) is 31.9 Å². The Bertz CT molecular complexity index is 832. The minimum absolute atomic E-state index is 0.153. The van der Waals surface area contributed by atoms with Crippen LogP contribution in [0, 0.1) is 6.92 Å². The van der Waals surface area contributed by atoms with E-state index in [0.29, 0.717) is 11.1 Å². The third kappa shape index (κ3) is 4.05. The molecule has 2 atom stereocenters. The first-order valence-corrected chi connectivity index (χ1v) is 9.95. The number of aryl methyl sites for hydroxylation is 1. The molecule has 2 rings (SSSR count). The Kier molecular flexibility index (Phi) is 6.11. The van der Waals surface area contributed by atoms with E-state index in [1.807, 2.05) is 0 Å². The quantitative estimate of drug-likeness (QED) is 0.305. The second-order valence-electron chi connectivity index (χ2n) is 5.85. The Morgan fingerprint density at radius 1 is 1.07 bits per heavy atom. The third-order valence-corrected chi connectivity index (χ3v) is 6.69. The zero-order chi connectivity index (χ0) is 20.8. The molecule has 11 heteroatoms. The molecule has 0 bridgehead atoms. The molecule has 150 valence electrons. The van der Waals surface area contributed by atoms with Gasteiger partial charge in [0, 0.05) is 11.3 Å². The summed E-state index contributed by atoms with van der Waals surface area (Å²) in [6.45, 7) is 1.71. The van der Waals surface area contributed by atoms with Gasteiger partial charge in [-0.25, -0.2) is 4.21 Å². The molecule has 1 aliphatic carbocycles. The maximum absolute atomic E-state index is 13.9. The molecular weight excluding hydrogens is 533 g/mol. The lowest BCUT2D eigenvalue weighted by Crippen LogP contribution is -2.54. The molecule has 1 nitrogen and oxygen atoms in total. The van der Waals surface area contributed by atoms with E-state index in [9.17, 15) is 34.9 Å². The molecular formula is C16H11Br2F7OS. The summed E-state index contributed by atoms with van der Waals surface area (Å²) in [4.78, 5) is -0.845. The predicted molar refractivity (Wildman–Crippen MR) is 95.6 cm³/mol. The van der Waals surface area contributed by atoms with Gasteiger partial charge in [0.15, 0.2) is 0 Å². The van der Waals surface area contributed by atoms with Gasteiger partial charge in [0.25, 0.3) is 0 Å². The van der Waals surface area contributed by atoms with Crippen molar-refractivity contribution in [3.05, 3.63) is 56.9 Å². The highest BCUT2D eigenvalue weighted by Gasteiger charge is 2.76. The van der Waals surface area contributed by atoms with Crippen molar-refractivity contribution in [2.75, 3.05) is 0 Å². The van der Waals surface area contributed by atoms with E-state index >= 15 is 0 Å². The van der Waals surface area contributed by atoms with E-state index in [4.69, 9.17) is 0 Å². The van der Waals surface area contributed by atoms with E-state index in [1.54, 1.807) is 31.2 Å². The summed E-state index contributed by atoms with van der Waals surface area (Å²) in [5.74, 6) is -6.46. The number of alkyl halides is 8. The van der Waals surface area contributed by atoms with Gasteiger partial charge in [0.2, 0.25) is 0 Å². The predicted octanol–water partition coefficient (Wildman–Crippen LogP) is 6.69. The average Bonchev–Trinajstić information content (AvgIpc) is 2.52. The maximum atomic E-state index is 13.9. The molecule has 0 fully saturated rings. The van der Waals surface area contributed by atoms with Crippen LogP contribution in [0.3, 0.4) is 0 Å². The van der Waals surface area contributed by atoms with Gasteiger partial charge in [-0.15, -0.1) is 0 Å². The van der Waals surface area contributed by atoms with Crippen LogP contribution in [0.4, 0.5) is 30.7 Å². The highest BCUT2D eigenvalue weighted by Crippen LogP contribution is 2.52. The van der Waals surface area contributed by atoms with Crippen LogP contribution in [-0.2, 0) is 15.1 Å². The Hall–Kier alpha value is -0.680. The van der Waals surface area contributed by atoms with Crippen molar-refractivity contribution in [3.63, 3.8) is 0 Å². The molecule has 27 heavy (non-hydrogen) atoms. The minimum atomic E-state index is -6.55. The molecule has 0 N–H and O–H groups in total. The van der Waals surface area contributed by atoms with Gasteiger partial charge in [-0.05, 0) is 34.7 Å². The zero-order valence-electron chi connectivity index (χ0n) is 13.4. The lowest BCUT2D eigenvalue weighted by Gasteiger charge is -2.32. The fourth-order valence-electron chi connectivity index (χ4n) is 2.52. The second-order valence-corrected chi connectivity index (χ2v) is 9.80. The van der Waals surface area contributed by atoms with Gasteiger partial charge >= 0.3 is 17.4 Å². The molecule has 0 amide bonds. The van der Waals surface area contributed by atoms with Crippen molar-refractivity contribution in [2.24, 2.45) is 0 Å². The molecule has 0 aromatic heterocycles. The van der Waals surface area contributed by atoms with Crippen LogP contribution in [0.5, 0.6) is 0 Å². The summed E-state index contributed by atoms with van der Waals surface area (Å²) in [6.07, 6.45) is -4.55. The highest BCUT2D eigenvalue weighted by molar-refractivity contribution is 9.12. The maximum Gasteiger partial charge on any atom is 0.461 e. The first-order chi connectivity index (χ1) is 12.1. The van der Waals surface area contributed by atoms with E-state index in [1.165, 1.54) is 0 Å². The monoisotopic (exact) mass is 542 g/mol. The van der Waals surface area contributed by atoms with Crippen LogP contribution in [0.2, 0.25) is 0 Å².